The Morgan fingerprint density at radius 1 is 0.619 bits per heavy atom. The van der Waals surface area contributed by atoms with E-state index in [4.69, 9.17) is 0 Å². The number of rotatable bonds is 8. The van der Waals surface area contributed by atoms with Gasteiger partial charge >= 0.3 is 0 Å². The Balaban J connectivity index is 1.33. The van der Waals surface area contributed by atoms with Crippen LogP contribution in [0.1, 0.15) is 27.0 Å². The molecule has 0 unspecified atom stereocenters. The van der Waals surface area contributed by atoms with Gasteiger partial charge in [0.15, 0.2) is 0 Å². The third-order valence-corrected chi connectivity index (χ3v) is 9.72. The minimum Gasteiger partial charge on any atom is -0.322 e. The molecule has 0 bridgehead atoms. The van der Waals surface area contributed by atoms with Gasteiger partial charge in [0.2, 0.25) is 0 Å². The molecule has 0 saturated carbocycles. The average molecular weight is 600 g/mol. The van der Waals surface area contributed by atoms with Crippen LogP contribution in [0, 0.1) is 20.8 Å². The quantitative estimate of drug-likeness (QED) is 0.185. The fourth-order valence-corrected chi connectivity index (χ4v) is 6.99. The zero-order valence-corrected chi connectivity index (χ0v) is 24.8. The Morgan fingerprint density at radius 3 is 2.05 bits per heavy atom. The second-order valence-corrected chi connectivity index (χ2v) is 13.3. The Kier molecular flexibility index (Phi) is 7.77. The lowest BCUT2D eigenvalue weighted by Gasteiger charge is -2.14. The maximum atomic E-state index is 13.2. The molecule has 10 heteroatoms. The van der Waals surface area contributed by atoms with Crippen molar-refractivity contribution >= 4 is 53.8 Å². The maximum absolute atomic E-state index is 13.2. The van der Waals surface area contributed by atoms with E-state index >= 15 is 0 Å². The Hall–Kier alpha value is -4.67. The van der Waals surface area contributed by atoms with Crippen molar-refractivity contribution in [2.75, 3.05) is 14.8 Å². The number of carbonyl (C=O) groups is 1. The van der Waals surface area contributed by atoms with Crippen molar-refractivity contribution in [1.29, 1.82) is 0 Å². The molecular formula is C32H29N3O5S2. The van der Waals surface area contributed by atoms with E-state index in [1.165, 1.54) is 36.4 Å². The molecule has 0 aliphatic carbocycles. The molecule has 3 N–H and O–H groups in total. The highest BCUT2D eigenvalue weighted by Crippen LogP contribution is 2.27. The van der Waals surface area contributed by atoms with E-state index in [9.17, 15) is 21.6 Å². The first-order chi connectivity index (χ1) is 19.9. The molecule has 0 aromatic heterocycles. The van der Waals surface area contributed by atoms with Crippen molar-refractivity contribution in [2.24, 2.45) is 0 Å². The number of carbonyl (C=O) groups excluding carboxylic acids is 1. The monoisotopic (exact) mass is 599 g/mol. The first-order valence-corrected chi connectivity index (χ1v) is 16.0. The summed E-state index contributed by atoms with van der Waals surface area (Å²) in [6.07, 6.45) is 0. The highest BCUT2D eigenvalue weighted by atomic mass is 32.2. The van der Waals surface area contributed by atoms with Gasteiger partial charge in [0, 0.05) is 16.6 Å². The van der Waals surface area contributed by atoms with Crippen LogP contribution in [-0.4, -0.2) is 22.7 Å². The number of anilines is 3. The summed E-state index contributed by atoms with van der Waals surface area (Å²) >= 11 is 0. The molecule has 0 aliphatic rings. The Labute approximate surface area is 245 Å². The zero-order valence-electron chi connectivity index (χ0n) is 23.2. The Bertz CT molecular complexity index is 2030. The van der Waals surface area contributed by atoms with Crippen molar-refractivity contribution in [3.05, 3.63) is 125 Å². The lowest BCUT2D eigenvalue weighted by Crippen LogP contribution is -2.18. The number of amides is 1. The second-order valence-electron chi connectivity index (χ2n) is 10.0. The number of nitrogens with one attached hydrogen (secondary N) is 3. The first-order valence-electron chi connectivity index (χ1n) is 13.1. The minimum atomic E-state index is -3.98. The van der Waals surface area contributed by atoms with Crippen molar-refractivity contribution in [1.82, 2.24) is 0 Å². The molecule has 0 heterocycles. The molecular weight excluding hydrogens is 571 g/mol. The van der Waals surface area contributed by atoms with Crippen molar-refractivity contribution in [3.8, 4) is 0 Å². The van der Waals surface area contributed by atoms with Gasteiger partial charge < -0.3 is 5.32 Å². The third-order valence-electron chi connectivity index (χ3n) is 6.83. The molecule has 5 rings (SSSR count). The van der Waals surface area contributed by atoms with Gasteiger partial charge in [-0.05, 0) is 91.4 Å². The van der Waals surface area contributed by atoms with Gasteiger partial charge in [-0.3, -0.25) is 14.2 Å². The number of hydrogen-bond acceptors (Lipinski definition) is 5. The van der Waals surface area contributed by atoms with Crippen LogP contribution < -0.4 is 14.8 Å². The summed E-state index contributed by atoms with van der Waals surface area (Å²) in [7, 11) is -7.87. The smallest absolute Gasteiger partial charge is 0.262 e. The predicted octanol–water partition coefficient (Wildman–Crippen LogP) is 6.62. The van der Waals surface area contributed by atoms with Gasteiger partial charge in [-0.2, -0.15) is 0 Å². The molecule has 0 atom stereocenters. The third kappa shape index (κ3) is 6.14. The molecule has 0 radical (unpaired) electrons. The number of hydrogen-bond donors (Lipinski definition) is 3. The summed E-state index contributed by atoms with van der Waals surface area (Å²) < 4.78 is 57.9. The zero-order chi connectivity index (χ0) is 30.1. The fourth-order valence-electron chi connectivity index (χ4n) is 4.52. The topological polar surface area (TPSA) is 121 Å². The van der Waals surface area contributed by atoms with Gasteiger partial charge in [-0.25, -0.2) is 16.8 Å². The SMILES string of the molecule is Cc1ccc(C)c(NS(=O)(=O)c2cc(C(=O)Nc3ccc(S(=O)(=O)Nc4cccc5ccccc45)cc3)ccc2C)c1. The molecule has 5 aromatic carbocycles. The van der Waals surface area contributed by atoms with E-state index < -0.39 is 26.0 Å². The Morgan fingerprint density at radius 2 is 1.29 bits per heavy atom. The summed E-state index contributed by atoms with van der Waals surface area (Å²) in [4.78, 5) is 13.1. The molecule has 42 heavy (non-hydrogen) atoms. The summed E-state index contributed by atoms with van der Waals surface area (Å²) in [6.45, 7) is 5.34. The van der Waals surface area contributed by atoms with Crippen molar-refractivity contribution in [2.45, 2.75) is 30.6 Å². The molecule has 0 aliphatic heterocycles. The molecule has 5 aromatic rings. The lowest BCUT2D eigenvalue weighted by atomic mass is 10.1. The average Bonchev–Trinajstić information content (AvgIpc) is 2.95. The van der Waals surface area contributed by atoms with Crippen LogP contribution in [0.3, 0.4) is 0 Å². The molecule has 0 saturated heterocycles. The summed E-state index contributed by atoms with van der Waals surface area (Å²) in [5.74, 6) is -0.539. The maximum Gasteiger partial charge on any atom is 0.262 e. The molecule has 0 fully saturated rings. The number of benzene rings is 5. The van der Waals surface area contributed by atoms with Gasteiger partial charge in [0.25, 0.3) is 26.0 Å². The van der Waals surface area contributed by atoms with Crippen molar-refractivity contribution in [3.63, 3.8) is 0 Å². The van der Waals surface area contributed by atoms with Crippen LogP contribution in [0.25, 0.3) is 10.8 Å². The van der Waals surface area contributed by atoms with Gasteiger partial charge in [-0.1, -0.05) is 54.6 Å². The molecule has 0 spiro atoms. The van der Waals surface area contributed by atoms with E-state index in [1.54, 1.807) is 31.2 Å². The van der Waals surface area contributed by atoms with Crippen LogP contribution in [0.2, 0.25) is 0 Å². The van der Waals surface area contributed by atoms with Gasteiger partial charge in [-0.15, -0.1) is 0 Å². The largest absolute Gasteiger partial charge is 0.322 e. The van der Waals surface area contributed by atoms with Crippen molar-refractivity contribution < 1.29 is 21.6 Å². The number of fused-ring (bicyclic) bond motifs is 1. The second kappa shape index (κ2) is 11.3. The van der Waals surface area contributed by atoms with Gasteiger partial charge in [0.1, 0.15) is 0 Å². The first kappa shape index (κ1) is 28.8. The van der Waals surface area contributed by atoms with Crippen LogP contribution >= 0.6 is 0 Å². The molecule has 1 amide bonds. The summed E-state index contributed by atoms with van der Waals surface area (Å²) in [6, 6.07) is 28.5. The number of aryl methyl sites for hydroxylation is 3. The van der Waals surface area contributed by atoms with E-state index in [2.05, 4.69) is 14.8 Å². The van der Waals surface area contributed by atoms with E-state index in [-0.39, 0.29) is 15.4 Å². The highest BCUT2D eigenvalue weighted by molar-refractivity contribution is 7.93. The number of sulfonamides is 2. The van der Waals surface area contributed by atoms with Crippen LogP contribution in [0.4, 0.5) is 17.1 Å². The fraction of sp³-hybridized carbons (Fsp3) is 0.0938. The lowest BCUT2D eigenvalue weighted by molar-refractivity contribution is 0.102. The van der Waals surface area contributed by atoms with Crippen LogP contribution in [0.5, 0.6) is 0 Å². The molecule has 214 valence electrons. The highest BCUT2D eigenvalue weighted by Gasteiger charge is 2.21. The molecule has 8 nitrogen and oxygen atoms in total. The summed E-state index contributed by atoms with van der Waals surface area (Å²) in [5.41, 5.74) is 3.58. The van der Waals surface area contributed by atoms with Crippen LogP contribution in [0.15, 0.2) is 113 Å². The van der Waals surface area contributed by atoms with Gasteiger partial charge in [0.05, 0.1) is 21.2 Å². The standard InChI is InChI=1S/C32H29N3O5S2/c1-21-11-12-22(2)30(19-21)35-42(39,40)31-20-25(14-13-23(31)3)32(36)33-26-15-17-27(18-16-26)41(37,38)34-29-10-6-8-24-7-4-5-9-28(24)29/h4-20,34-35H,1-3H3,(H,33,36). The van der Waals surface area contributed by atoms with Crippen LogP contribution in [-0.2, 0) is 20.0 Å². The minimum absolute atomic E-state index is 0.0167. The van der Waals surface area contributed by atoms with E-state index in [0.717, 1.165) is 21.9 Å². The summed E-state index contributed by atoms with van der Waals surface area (Å²) in [5, 5.41) is 4.39. The van der Waals surface area contributed by atoms with E-state index in [1.807, 2.05) is 56.3 Å². The predicted molar refractivity (Wildman–Crippen MR) is 167 cm³/mol. The normalized spacial score (nSPS) is 11.7. The van der Waals surface area contributed by atoms with E-state index in [0.29, 0.717) is 22.6 Å².